The standard InChI is InChI=1S/C11H20N2O2S/c1-3-5-9-11(15)12-8-10(14)13(9)6-7-16-4-2/h9H,3-8H2,1-2H3,(H,12,15). The molecule has 0 aromatic carbocycles. The second-order valence-electron chi connectivity index (χ2n) is 3.81. The van der Waals surface area contributed by atoms with Gasteiger partial charge >= 0.3 is 0 Å². The van der Waals surface area contributed by atoms with Crippen LogP contribution in [0.25, 0.3) is 0 Å². The summed E-state index contributed by atoms with van der Waals surface area (Å²) in [5.41, 5.74) is 0. The summed E-state index contributed by atoms with van der Waals surface area (Å²) in [5, 5.41) is 2.65. The molecule has 0 aromatic rings. The molecule has 1 saturated heterocycles. The highest BCUT2D eigenvalue weighted by Crippen LogP contribution is 2.13. The SMILES string of the molecule is CCCC1C(=O)NCC(=O)N1CCSCC. The number of amides is 2. The van der Waals surface area contributed by atoms with Gasteiger partial charge in [0, 0.05) is 12.3 Å². The third kappa shape index (κ3) is 3.40. The van der Waals surface area contributed by atoms with Gasteiger partial charge in [-0.25, -0.2) is 0 Å². The Morgan fingerprint density at radius 1 is 1.44 bits per heavy atom. The summed E-state index contributed by atoms with van der Waals surface area (Å²) in [6, 6.07) is -0.247. The second kappa shape index (κ2) is 6.78. The van der Waals surface area contributed by atoms with Crippen molar-refractivity contribution in [1.29, 1.82) is 0 Å². The lowest BCUT2D eigenvalue weighted by Gasteiger charge is -2.34. The van der Waals surface area contributed by atoms with E-state index in [2.05, 4.69) is 12.2 Å². The minimum atomic E-state index is -0.247. The summed E-state index contributed by atoms with van der Waals surface area (Å²) in [5.74, 6) is 2.01. The van der Waals surface area contributed by atoms with Crippen molar-refractivity contribution >= 4 is 23.6 Å². The Labute approximate surface area is 101 Å². The first-order chi connectivity index (χ1) is 7.70. The van der Waals surface area contributed by atoms with Crippen molar-refractivity contribution < 1.29 is 9.59 Å². The van der Waals surface area contributed by atoms with Crippen molar-refractivity contribution in [2.75, 3.05) is 24.6 Å². The van der Waals surface area contributed by atoms with E-state index in [0.717, 1.165) is 24.3 Å². The van der Waals surface area contributed by atoms with Crippen molar-refractivity contribution in [3.8, 4) is 0 Å². The van der Waals surface area contributed by atoms with Gasteiger partial charge in [0.05, 0.1) is 6.54 Å². The zero-order valence-electron chi connectivity index (χ0n) is 9.99. The van der Waals surface area contributed by atoms with Gasteiger partial charge in [0.1, 0.15) is 6.04 Å². The van der Waals surface area contributed by atoms with E-state index in [1.165, 1.54) is 0 Å². The summed E-state index contributed by atoms with van der Waals surface area (Å²) in [6.45, 7) is 4.98. The molecule has 16 heavy (non-hydrogen) atoms. The Hall–Kier alpha value is -0.710. The number of carbonyl (C=O) groups is 2. The lowest BCUT2D eigenvalue weighted by molar-refractivity contribution is -0.145. The molecule has 1 heterocycles. The van der Waals surface area contributed by atoms with Crippen LogP contribution in [0.3, 0.4) is 0 Å². The molecule has 0 saturated carbocycles. The predicted octanol–water partition coefficient (Wildman–Crippen LogP) is 0.867. The van der Waals surface area contributed by atoms with Crippen LogP contribution in [0.5, 0.6) is 0 Å². The number of rotatable bonds is 6. The van der Waals surface area contributed by atoms with Gasteiger partial charge in [-0.1, -0.05) is 20.3 Å². The molecule has 1 N–H and O–H groups in total. The number of carbonyl (C=O) groups excluding carboxylic acids is 2. The summed E-state index contributed by atoms with van der Waals surface area (Å²) < 4.78 is 0. The molecule has 1 atom stereocenters. The highest BCUT2D eigenvalue weighted by Gasteiger charge is 2.32. The summed E-state index contributed by atoms with van der Waals surface area (Å²) >= 11 is 1.80. The van der Waals surface area contributed by atoms with Crippen molar-refractivity contribution in [3.63, 3.8) is 0 Å². The van der Waals surface area contributed by atoms with E-state index in [4.69, 9.17) is 0 Å². The molecule has 0 radical (unpaired) electrons. The zero-order valence-corrected chi connectivity index (χ0v) is 10.8. The zero-order chi connectivity index (χ0) is 12.0. The molecule has 2 amide bonds. The highest BCUT2D eigenvalue weighted by molar-refractivity contribution is 7.99. The maximum atomic E-state index is 11.7. The van der Waals surface area contributed by atoms with Crippen LogP contribution in [0, 0.1) is 0 Å². The van der Waals surface area contributed by atoms with E-state index in [1.807, 2.05) is 6.92 Å². The molecule has 1 fully saturated rings. The van der Waals surface area contributed by atoms with Crippen molar-refractivity contribution in [3.05, 3.63) is 0 Å². The average Bonchev–Trinajstić information content (AvgIpc) is 2.27. The fourth-order valence-electron chi connectivity index (χ4n) is 1.85. The smallest absolute Gasteiger partial charge is 0.243 e. The average molecular weight is 244 g/mol. The maximum Gasteiger partial charge on any atom is 0.243 e. The quantitative estimate of drug-likeness (QED) is 0.705. The van der Waals surface area contributed by atoms with Crippen molar-refractivity contribution in [2.45, 2.75) is 32.7 Å². The van der Waals surface area contributed by atoms with Gasteiger partial charge in [0.25, 0.3) is 0 Å². The topological polar surface area (TPSA) is 49.4 Å². The number of nitrogens with one attached hydrogen (secondary N) is 1. The van der Waals surface area contributed by atoms with E-state index < -0.39 is 0 Å². The Bertz CT molecular complexity index is 258. The van der Waals surface area contributed by atoms with E-state index in [-0.39, 0.29) is 24.4 Å². The Morgan fingerprint density at radius 3 is 2.81 bits per heavy atom. The Kier molecular flexibility index (Phi) is 5.66. The van der Waals surface area contributed by atoms with Crippen LogP contribution in [0.2, 0.25) is 0 Å². The van der Waals surface area contributed by atoms with Crippen LogP contribution < -0.4 is 5.32 Å². The molecule has 0 spiro atoms. The van der Waals surface area contributed by atoms with Crippen molar-refractivity contribution in [2.24, 2.45) is 0 Å². The Balaban J connectivity index is 2.57. The summed E-state index contributed by atoms with van der Waals surface area (Å²) in [4.78, 5) is 25.1. The van der Waals surface area contributed by atoms with Crippen LogP contribution in [-0.4, -0.2) is 47.4 Å². The minimum absolute atomic E-state index is 0.00273. The maximum absolute atomic E-state index is 11.7. The molecule has 1 aliphatic rings. The monoisotopic (exact) mass is 244 g/mol. The van der Waals surface area contributed by atoms with Gasteiger partial charge in [-0.3, -0.25) is 9.59 Å². The fraction of sp³-hybridized carbons (Fsp3) is 0.818. The van der Waals surface area contributed by atoms with Crippen LogP contribution in [0.4, 0.5) is 0 Å². The molecule has 0 aliphatic carbocycles. The molecule has 0 bridgehead atoms. The number of thioether (sulfide) groups is 1. The number of piperazine rings is 1. The van der Waals surface area contributed by atoms with Gasteiger partial charge in [0.15, 0.2) is 0 Å². The second-order valence-corrected chi connectivity index (χ2v) is 5.20. The van der Waals surface area contributed by atoms with E-state index >= 15 is 0 Å². The largest absolute Gasteiger partial charge is 0.345 e. The van der Waals surface area contributed by atoms with Crippen LogP contribution in [0.1, 0.15) is 26.7 Å². The lowest BCUT2D eigenvalue weighted by atomic mass is 10.1. The number of hydrogen-bond donors (Lipinski definition) is 1. The number of hydrogen-bond acceptors (Lipinski definition) is 3. The van der Waals surface area contributed by atoms with Crippen LogP contribution in [0.15, 0.2) is 0 Å². The normalized spacial score (nSPS) is 21.1. The third-order valence-corrected chi connectivity index (χ3v) is 3.54. The summed E-state index contributed by atoms with van der Waals surface area (Å²) in [6.07, 6.45) is 1.68. The molecule has 1 rings (SSSR count). The van der Waals surface area contributed by atoms with Gasteiger partial charge in [-0.05, 0) is 12.2 Å². The van der Waals surface area contributed by atoms with Crippen LogP contribution in [-0.2, 0) is 9.59 Å². The molecule has 1 aliphatic heterocycles. The molecule has 4 nitrogen and oxygen atoms in total. The predicted molar refractivity (Wildman–Crippen MR) is 66.4 cm³/mol. The van der Waals surface area contributed by atoms with Gasteiger partial charge in [-0.2, -0.15) is 11.8 Å². The van der Waals surface area contributed by atoms with Crippen molar-refractivity contribution in [1.82, 2.24) is 10.2 Å². The first-order valence-electron chi connectivity index (χ1n) is 5.85. The van der Waals surface area contributed by atoms with E-state index in [9.17, 15) is 9.59 Å². The highest BCUT2D eigenvalue weighted by atomic mass is 32.2. The van der Waals surface area contributed by atoms with Crippen LogP contribution >= 0.6 is 11.8 Å². The van der Waals surface area contributed by atoms with E-state index in [1.54, 1.807) is 16.7 Å². The van der Waals surface area contributed by atoms with Gasteiger partial charge in [0.2, 0.25) is 11.8 Å². The molecular formula is C11H20N2O2S. The molecule has 5 heteroatoms. The fourth-order valence-corrected chi connectivity index (χ4v) is 2.46. The van der Waals surface area contributed by atoms with Gasteiger partial charge in [-0.15, -0.1) is 0 Å². The van der Waals surface area contributed by atoms with E-state index in [0.29, 0.717) is 6.54 Å². The first-order valence-corrected chi connectivity index (χ1v) is 7.01. The minimum Gasteiger partial charge on any atom is -0.345 e. The molecule has 0 aromatic heterocycles. The lowest BCUT2D eigenvalue weighted by Crippen LogP contribution is -2.58. The third-order valence-electron chi connectivity index (χ3n) is 2.66. The first kappa shape index (κ1) is 13.4. The Morgan fingerprint density at radius 2 is 2.19 bits per heavy atom. The molecule has 1 unspecified atom stereocenters. The number of nitrogens with zero attached hydrogens (tertiary/aromatic N) is 1. The summed E-state index contributed by atoms with van der Waals surface area (Å²) in [7, 11) is 0. The molecular weight excluding hydrogens is 224 g/mol. The molecule has 92 valence electrons. The van der Waals surface area contributed by atoms with Gasteiger partial charge < -0.3 is 10.2 Å².